The molecule has 0 spiro atoms. The van der Waals surface area contributed by atoms with Gasteiger partial charge in [0.1, 0.15) is 0 Å². The van der Waals surface area contributed by atoms with Gasteiger partial charge in [-0.1, -0.05) is 18.6 Å². The minimum Gasteiger partial charge on any atom is -0.258 e. The second-order valence-corrected chi connectivity index (χ2v) is 3.64. The van der Waals surface area contributed by atoms with Crippen LogP contribution in [0.1, 0.15) is 31.2 Å². The number of aryl methyl sites for hydroxylation is 1. The molecule has 0 bridgehead atoms. The highest BCUT2D eigenvalue weighted by molar-refractivity contribution is 5.32. The van der Waals surface area contributed by atoms with Gasteiger partial charge in [0, 0.05) is 18.6 Å². The zero-order valence-electron chi connectivity index (χ0n) is 9.06. The number of nitriles is 1. The third kappa shape index (κ3) is 4.09. The van der Waals surface area contributed by atoms with Crippen molar-refractivity contribution in [3.63, 3.8) is 0 Å². The molecule has 0 aliphatic carbocycles. The Labute approximate surface area is 94.7 Å². The average molecular weight is 218 g/mol. The zero-order chi connectivity index (χ0) is 11.8. The summed E-state index contributed by atoms with van der Waals surface area (Å²) in [6.07, 6.45) is 4.53. The normalized spacial score (nSPS) is 9.69. The van der Waals surface area contributed by atoms with Gasteiger partial charge < -0.3 is 0 Å². The standard InChI is InChI=1S/C12H14N2O2/c13-10-4-2-1-3-5-11-6-8-12(9-7-11)14(15)16/h6-9H,1-5H2. The molecule has 0 unspecified atom stereocenters. The molecule has 0 aliphatic heterocycles. The van der Waals surface area contributed by atoms with E-state index < -0.39 is 4.92 Å². The van der Waals surface area contributed by atoms with Crippen LogP contribution in [0.5, 0.6) is 0 Å². The molecule has 1 aromatic carbocycles. The highest BCUT2D eigenvalue weighted by Gasteiger charge is 2.03. The van der Waals surface area contributed by atoms with Crippen LogP contribution >= 0.6 is 0 Å². The van der Waals surface area contributed by atoms with Crippen molar-refractivity contribution in [1.29, 1.82) is 5.26 Å². The minimum absolute atomic E-state index is 0.133. The van der Waals surface area contributed by atoms with Crippen molar-refractivity contribution >= 4 is 5.69 Å². The number of hydrogen-bond acceptors (Lipinski definition) is 3. The van der Waals surface area contributed by atoms with Crippen molar-refractivity contribution in [2.24, 2.45) is 0 Å². The lowest BCUT2D eigenvalue weighted by Crippen LogP contribution is -1.89. The van der Waals surface area contributed by atoms with E-state index in [9.17, 15) is 10.1 Å². The van der Waals surface area contributed by atoms with E-state index in [0.717, 1.165) is 31.2 Å². The number of benzene rings is 1. The molecule has 0 aromatic heterocycles. The Morgan fingerprint density at radius 2 is 1.88 bits per heavy atom. The van der Waals surface area contributed by atoms with Crippen molar-refractivity contribution in [2.45, 2.75) is 32.1 Å². The summed E-state index contributed by atoms with van der Waals surface area (Å²) in [4.78, 5) is 10.0. The lowest BCUT2D eigenvalue weighted by molar-refractivity contribution is -0.384. The van der Waals surface area contributed by atoms with Crippen LogP contribution in [0.15, 0.2) is 24.3 Å². The molecular formula is C12H14N2O2. The van der Waals surface area contributed by atoms with Crippen LogP contribution in [0.3, 0.4) is 0 Å². The first-order chi connectivity index (χ1) is 7.74. The number of rotatable bonds is 6. The lowest BCUT2D eigenvalue weighted by Gasteiger charge is -2.00. The summed E-state index contributed by atoms with van der Waals surface area (Å²) in [7, 11) is 0. The van der Waals surface area contributed by atoms with E-state index in [4.69, 9.17) is 5.26 Å². The fraction of sp³-hybridized carbons (Fsp3) is 0.417. The summed E-state index contributed by atoms with van der Waals surface area (Å²) in [6.45, 7) is 0. The van der Waals surface area contributed by atoms with E-state index in [1.807, 2.05) is 0 Å². The molecule has 1 aromatic rings. The highest BCUT2D eigenvalue weighted by atomic mass is 16.6. The van der Waals surface area contributed by atoms with Gasteiger partial charge >= 0.3 is 0 Å². The van der Waals surface area contributed by atoms with Crippen LogP contribution in [-0.2, 0) is 6.42 Å². The monoisotopic (exact) mass is 218 g/mol. The first kappa shape index (κ1) is 12.2. The summed E-state index contributed by atoms with van der Waals surface area (Å²) in [5.41, 5.74) is 1.25. The molecule has 0 aliphatic rings. The van der Waals surface area contributed by atoms with Gasteiger partial charge in [0.2, 0.25) is 0 Å². The van der Waals surface area contributed by atoms with E-state index in [2.05, 4.69) is 6.07 Å². The van der Waals surface area contributed by atoms with Crippen molar-refractivity contribution in [3.8, 4) is 6.07 Å². The fourth-order valence-electron chi connectivity index (χ4n) is 1.49. The molecule has 0 atom stereocenters. The summed E-state index contributed by atoms with van der Waals surface area (Å²) in [6, 6.07) is 8.76. The van der Waals surface area contributed by atoms with Crippen LogP contribution < -0.4 is 0 Å². The smallest absolute Gasteiger partial charge is 0.258 e. The third-order valence-corrected chi connectivity index (χ3v) is 2.40. The van der Waals surface area contributed by atoms with E-state index in [1.54, 1.807) is 12.1 Å². The molecule has 84 valence electrons. The van der Waals surface area contributed by atoms with E-state index in [1.165, 1.54) is 12.1 Å². The van der Waals surface area contributed by atoms with Gasteiger partial charge in [-0.25, -0.2) is 0 Å². The maximum Gasteiger partial charge on any atom is 0.269 e. The SMILES string of the molecule is N#CCCCCCc1ccc([N+](=O)[O-])cc1. The predicted octanol–water partition coefficient (Wildman–Crippen LogP) is 3.22. The van der Waals surface area contributed by atoms with Crippen LogP contribution in [0.2, 0.25) is 0 Å². The molecule has 4 nitrogen and oxygen atoms in total. The van der Waals surface area contributed by atoms with Gasteiger partial charge in [0.25, 0.3) is 5.69 Å². The number of nitro benzene ring substituents is 1. The molecule has 0 saturated carbocycles. The number of unbranched alkanes of at least 4 members (excludes halogenated alkanes) is 3. The Hall–Kier alpha value is -1.89. The van der Waals surface area contributed by atoms with Crippen LogP contribution in [0.25, 0.3) is 0 Å². The Morgan fingerprint density at radius 3 is 2.44 bits per heavy atom. The van der Waals surface area contributed by atoms with Crippen LogP contribution in [0.4, 0.5) is 5.69 Å². The van der Waals surface area contributed by atoms with Crippen molar-refractivity contribution in [2.75, 3.05) is 0 Å². The quantitative estimate of drug-likeness (QED) is 0.418. The van der Waals surface area contributed by atoms with Gasteiger partial charge in [0.05, 0.1) is 11.0 Å². The van der Waals surface area contributed by atoms with Crippen LogP contribution in [0, 0.1) is 21.4 Å². The highest BCUT2D eigenvalue weighted by Crippen LogP contribution is 2.14. The molecule has 0 amide bonds. The second-order valence-electron chi connectivity index (χ2n) is 3.64. The first-order valence-corrected chi connectivity index (χ1v) is 5.34. The molecule has 0 heterocycles. The molecule has 0 fully saturated rings. The fourth-order valence-corrected chi connectivity index (χ4v) is 1.49. The second kappa shape index (κ2) is 6.57. The van der Waals surface area contributed by atoms with E-state index >= 15 is 0 Å². The van der Waals surface area contributed by atoms with E-state index in [0.29, 0.717) is 6.42 Å². The average Bonchev–Trinajstić information content (AvgIpc) is 2.29. The molecule has 0 N–H and O–H groups in total. The van der Waals surface area contributed by atoms with Crippen LogP contribution in [-0.4, -0.2) is 4.92 Å². The summed E-state index contributed by atoms with van der Waals surface area (Å²) in [5.74, 6) is 0. The topological polar surface area (TPSA) is 66.9 Å². The lowest BCUT2D eigenvalue weighted by atomic mass is 10.1. The maximum atomic E-state index is 10.4. The molecule has 16 heavy (non-hydrogen) atoms. The molecule has 0 saturated heterocycles. The molecule has 1 rings (SSSR count). The Morgan fingerprint density at radius 1 is 1.19 bits per heavy atom. The van der Waals surface area contributed by atoms with Crippen molar-refractivity contribution < 1.29 is 4.92 Å². The Bertz CT molecular complexity index is 379. The number of hydrogen-bond donors (Lipinski definition) is 0. The summed E-state index contributed by atoms with van der Waals surface area (Å²) in [5, 5.41) is 18.8. The molecular weight excluding hydrogens is 204 g/mol. The van der Waals surface area contributed by atoms with Gasteiger partial charge in [-0.2, -0.15) is 5.26 Å². The Balaban J connectivity index is 2.33. The number of nitrogens with zero attached hydrogens (tertiary/aromatic N) is 2. The molecule has 0 radical (unpaired) electrons. The largest absolute Gasteiger partial charge is 0.269 e. The first-order valence-electron chi connectivity index (χ1n) is 5.34. The van der Waals surface area contributed by atoms with Gasteiger partial charge in [-0.3, -0.25) is 10.1 Å². The Kier molecular flexibility index (Phi) is 5.00. The van der Waals surface area contributed by atoms with Gasteiger partial charge in [-0.15, -0.1) is 0 Å². The summed E-state index contributed by atoms with van der Waals surface area (Å²) >= 11 is 0. The van der Waals surface area contributed by atoms with Crippen molar-refractivity contribution in [1.82, 2.24) is 0 Å². The zero-order valence-corrected chi connectivity index (χ0v) is 9.06. The van der Waals surface area contributed by atoms with Gasteiger partial charge in [-0.05, 0) is 24.8 Å². The van der Waals surface area contributed by atoms with Gasteiger partial charge in [0.15, 0.2) is 0 Å². The van der Waals surface area contributed by atoms with Crippen molar-refractivity contribution in [3.05, 3.63) is 39.9 Å². The maximum absolute atomic E-state index is 10.4. The molecule has 4 heteroatoms. The number of non-ortho nitro benzene ring substituents is 1. The third-order valence-electron chi connectivity index (χ3n) is 2.40. The number of nitro groups is 1. The minimum atomic E-state index is -0.392. The summed E-state index contributed by atoms with van der Waals surface area (Å²) < 4.78 is 0. The predicted molar refractivity (Wildman–Crippen MR) is 60.9 cm³/mol. The van der Waals surface area contributed by atoms with E-state index in [-0.39, 0.29) is 5.69 Å².